The largest absolute Gasteiger partial charge is 0.457 e. The second-order valence-corrected chi connectivity index (χ2v) is 12.1. The van der Waals surface area contributed by atoms with E-state index in [1.54, 1.807) is 67.4 Å². The summed E-state index contributed by atoms with van der Waals surface area (Å²) in [5, 5.41) is 24.4. The van der Waals surface area contributed by atoms with Crippen LogP contribution in [0.15, 0.2) is 89.1 Å². The molecule has 1 aliphatic carbocycles. The SMILES string of the molecule is CC1(C)[C@H](C(=O)OC(C#N)c2cccc(Oc3ccccc3)c2)[C@@H]1/C=C(\Cl)C(F)(F)F.O=[N+]([O-])/N=C1\NCCN1Cc1ccc(Cl)nc1. The molecule has 1 N–H and O–H groups in total. The summed E-state index contributed by atoms with van der Waals surface area (Å²) in [5.41, 5.74) is 0.554. The maximum Gasteiger partial charge on any atom is 0.426 e. The molecule has 1 saturated carbocycles. The van der Waals surface area contributed by atoms with E-state index < -0.39 is 45.6 Å². The maximum absolute atomic E-state index is 12.7. The van der Waals surface area contributed by atoms with Crippen LogP contribution in [0, 0.1) is 38.7 Å². The number of ether oxygens (including phenoxy) is 2. The smallest absolute Gasteiger partial charge is 0.426 e. The van der Waals surface area contributed by atoms with Crippen LogP contribution < -0.4 is 10.1 Å². The first-order valence-electron chi connectivity index (χ1n) is 14.4. The summed E-state index contributed by atoms with van der Waals surface area (Å²) >= 11 is 11.0. The van der Waals surface area contributed by atoms with Crippen molar-refractivity contribution < 1.29 is 32.5 Å². The van der Waals surface area contributed by atoms with Crippen molar-refractivity contribution in [2.45, 2.75) is 32.7 Å². The van der Waals surface area contributed by atoms with Crippen molar-refractivity contribution in [3.63, 3.8) is 0 Å². The summed E-state index contributed by atoms with van der Waals surface area (Å²) in [6.07, 6.45) is -3.43. The van der Waals surface area contributed by atoms with Gasteiger partial charge in [-0.2, -0.15) is 18.4 Å². The molecule has 252 valence electrons. The topological polar surface area (TPSA) is 143 Å². The number of guanidine groups is 1. The molecule has 48 heavy (non-hydrogen) atoms. The minimum atomic E-state index is -4.68. The molecule has 0 bridgehead atoms. The Labute approximate surface area is 283 Å². The molecule has 2 fully saturated rings. The van der Waals surface area contributed by atoms with E-state index in [-0.39, 0.29) is 5.96 Å². The third kappa shape index (κ3) is 9.58. The number of benzene rings is 2. The van der Waals surface area contributed by atoms with Crippen molar-refractivity contribution in [3.8, 4) is 17.6 Å². The molecule has 3 atom stereocenters. The lowest BCUT2D eigenvalue weighted by molar-refractivity contribution is -0.485. The normalized spacial score (nSPS) is 19.7. The number of alkyl halides is 3. The molecule has 0 amide bonds. The standard InChI is InChI=1S/C23H19ClF3NO3.C9H10ClN5O2/c1-22(2)17(12-19(24)23(25,26)27)20(22)21(29)31-18(13-28)14-7-6-10-16(11-14)30-15-8-4-3-5-9-15;10-8-2-1-7(5-12-8)6-14-4-3-11-9(14)13-15(16)17/h3-12,17-18,20H,1-2H3;1-2,5H,3-4,6H2,(H,11,13)/b19-12-;/t17-,18?,20-;/m0./s1. The van der Waals surface area contributed by atoms with Crippen molar-refractivity contribution >= 4 is 35.1 Å². The second-order valence-electron chi connectivity index (χ2n) is 11.3. The molecule has 1 unspecified atom stereocenters. The van der Waals surface area contributed by atoms with Gasteiger partial charge in [0.25, 0.3) is 5.96 Å². The predicted octanol–water partition coefficient (Wildman–Crippen LogP) is 7.23. The number of carbonyl (C=O) groups is 1. The quantitative estimate of drug-likeness (QED) is 0.106. The monoisotopic (exact) mass is 704 g/mol. The Morgan fingerprint density at radius 2 is 1.94 bits per heavy atom. The van der Waals surface area contributed by atoms with Gasteiger partial charge in [0.1, 0.15) is 32.9 Å². The number of hydrogen-bond donors (Lipinski definition) is 1. The van der Waals surface area contributed by atoms with Crippen LogP contribution in [0.1, 0.15) is 31.1 Å². The number of carbonyl (C=O) groups excluding carboxylic acids is 1. The van der Waals surface area contributed by atoms with Gasteiger partial charge < -0.3 is 19.7 Å². The first-order chi connectivity index (χ1) is 22.7. The average Bonchev–Trinajstić information content (AvgIpc) is 3.31. The van der Waals surface area contributed by atoms with Crippen LogP contribution in [0.2, 0.25) is 5.15 Å². The highest BCUT2D eigenvalue weighted by Crippen LogP contribution is 2.60. The number of aromatic nitrogens is 1. The molecule has 0 spiro atoms. The van der Waals surface area contributed by atoms with E-state index in [1.807, 2.05) is 30.3 Å². The fraction of sp³-hybridized carbons (Fsp3) is 0.312. The molecule has 2 aliphatic rings. The highest BCUT2D eigenvalue weighted by atomic mass is 35.5. The van der Waals surface area contributed by atoms with Crippen LogP contribution in [0.3, 0.4) is 0 Å². The van der Waals surface area contributed by atoms with Gasteiger partial charge in [-0.15, -0.1) is 0 Å². The number of nitrogens with one attached hydrogen (secondary N) is 1. The zero-order chi connectivity index (χ0) is 35.1. The highest BCUT2D eigenvalue weighted by Gasteiger charge is 2.62. The summed E-state index contributed by atoms with van der Waals surface area (Å²) in [5.74, 6) is -0.987. The van der Waals surface area contributed by atoms with Gasteiger partial charge in [0.15, 0.2) is 5.03 Å². The fourth-order valence-corrected chi connectivity index (χ4v) is 5.23. The molecule has 1 aliphatic heterocycles. The third-order valence-corrected chi connectivity index (χ3v) is 8.12. The average molecular weight is 706 g/mol. The van der Waals surface area contributed by atoms with Crippen molar-refractivity contribution in [3.05, 3.63) is 110 Å². The number of rotatable bonds is 9. The molecule has 0 radical (unpaired) electrons. The van der Waals surface area contributed by atoms with Crippen LogP contribution in [0.4, 0.5) is 13.2 Å². The predicted molar refractivity (Wildman–Crippen MR) is 170 cm³/mol. The molecule has 2 heterocycles. The minimum Gasteiger partial charge on any atom is -0.457 e. The molecule has 1 aromatic heterocycles. The van der Waals surface area contributed by atoms with Crippen LogP contribution in [-0.2, 0) is 16.1 Å². The molecule has 5 rings (SSSR count). The number of hydrazone groups is 1. The van der Waals surface area contributed by atoms with Gasteiger partial charge in [0.2, 0.25) is 6.10 Å². The van der Waals surface area contributed by atoms with Crippen molar-refractivity contribution in [1.29, 1.82) is 5.26 Å². The first kappa shape index (κ1) is 36.0. The lowest BCUT2D eigenvalue weighted by atomic mass is 10.1. The summed E-state index contributed by atoms with van der Waals surface area (Å²) < 4.78 is 49.2. The molecule has 2 aromatic carbocycles. The van der Waals surface area contributed by atoms with Gasteiger partial charge >= 0.3 is 12.1 Å². The summed E-state index contributed by atoms with van der Waals surface area (Å²) in [6, 6.07) is 21.0. The van der Waals surface area contributed by atoms with Crippen LogP contribution >= 0.6 is 23.2 Å². The number of nitriles is 1. The van der Waals surface area contributed by atoms with Crippen molar-refractivity contribution in [1.82, 2.24) is 15.2 Å². The van der Waals surface area contributed by atoms with E-state index in [1.165, 1.54) is 0 Å². The Balaban J connectivity index is 0.000000257. The van der Waals surface area contributed by atoms with Gasteiger partial charge in [-0.1, -0.05) is 79.5 Å². The fourth-order valence-electron chi connectivity index (χ4n) is 4.99. The van der Waals surface area contributed by atoms with E-state index in [2.05, 4.69) is 15.4 Å². The molecule has 11 nitrogen and oxygen atoms in total. The Kier molecular flexibility index (Phi) is 11.5. The molecule has 3 aromatic rings. The van der Waals surface area contributed by atoms with Gasteiger partial charge in [0, 0.05) is 31.4 Å². The summed E-state index contributed by atoms with van der Waals surface area (Å²) in [4.78, 5) is 28.7. The van der Waals surface area contributed by atoms with Gasteiger partial charge in [-0.25, -0.2) is 15.1 Å². The van der Waals surface area contributed by atoms with Gasteiger partial charge in [0.05, 0.1) is 5.92 Å². The Morgan fingerprint density at radius 3 is 2.56 bits per heavy atom. The minimum absolute atomic E-state index is 0.282. The molecular formula is C32H29Cl2F3N6O5. The molecular weight excluding hydrogens is 676 g/mol. The van der Waals surface area contributed by atoms with Crippen LogP contribution in [-0.4, -0.2) is 46.1 Å². The lowest BCUT2D eigenvalue weighted by Gasteiger charge is -2.14. The highest BCUT2D eigenvalue weighted by molar-refractivity contribution is 6.30. The van der Waals surface area contributed by atoms with E-state index in [4.69, 9.17) is 32.7 Å². The van der Waals surface area contributed by atoms with E-state index in [0.29, 0.717) is 41.8 Å². The Hall–Kier alpha value is -4.87. The van der Waals surface area contributed by atoms with E-state index >= 15 is 0 Å². The van der Waals surface area contributed by atoms with Gasteiger partial charge in [-0.05, 0) is 47.2 Å². The zero-order valence-electron chi connectivity index (χ0n) is 25.5. The van der Waals surface area contributed by atoms with Crippen molar-refractivity contribution in [2.24, 2.45) is 22.4 Å². The number of esters is 1. The third-order valence-electron chi connectivity index (χ3n) is 7.56. The maximum atomic E-state index is 12.7. The van der Waals surface area contributed by atoms with E-state index in [0.717, 1.165) is 11.6 Å². The zero-order valence-corrected chi connectivity index (χ0v) is 27.0. The number of hydrogen-bond acceptors (Lipinski definition) is 7. The number of nitro groups is 1. The first-order valence-corrected chi connectivity index (χ1v) is 15.1. The van der Waals surface area contributed by atoms with E-state index in [9.17, 15) is 33.3 Å². The number of pyridine rings is 1. The second kappa shape index (κ2) is 15.4. The summed E-state index contributed by atoms with van der Waals surface area (Å²) in [6.45, 7) is 5.14. The Bertz CT molecular complexity index is 1720. The number of halogens is 5. The number of allylic oxidation sites excluding steroid dienone is 2. The van der Waals surface area contributed by atoms with Crippen LogP contribution in [0.5, 0.6) is 11.5 Å². The van der Waals surface area contributed by atoms with Crippen molar-refractivity contribution in [2.75, 3.05) is 13.1 Å². The molecule has 16 heteroatoms. The number of para-hydroxylation sites is 1. The van der Waals surface area contributed by atoms with Gasteiger partial charge in [-0.3, -0.25) is 4.79 Å². The molecule has 1 saturated heterocycles. The Morgan fingerprint density at radius 1 is 1.23 bits per heavy atom. The summed E-state index contributed by atoms with van der Waals surface area (Å²) in [7, 11) is 0. The lowest BCUT2D eigenvalue weighted by Crippen LogP contribution is -2.30. The van der Waals surface area contributed by atoms with Crippen LogP contribution in [0.25, 0.3) is 0 Å². The number of nitrogens with zero attached hydrogens (tertiary/aromatic N) is 5.